The van der Waals surface area contributed by atoms with Crippen LogP contribution in [0.2, 0.25) is 0 Å². The predicted molar refractivity (Wildman–Crippen MR) is 159 cm³/mol. The highest BCUT2D eigenvalue weighted by Crippen LogP contribution is 2.48. The lowest BCUT2D eigenvalue weighted by Crippen LogP contribution is -2.33. The van der Waals surface area contributed by atoms with Crippen LogP contribution >= 0.6 is 0 Å². The Balaban J connectivity index is 5.14. The molecule has 2 unspecified atom stereocenters. The molecule has 0 rings (SSSR count). The van der Waals surface area contributed by atoms with Crippen LogP contribution in [0.1, 0.15) is 202 Å². The summed E-state index contributed by atoms with van der Waals surface area (Å²) in [4.78, 5) is 0. The molecule has 0 aliphatic heterocycles. The van der Waals surface area contributed by atoms with Gasteiger partial charge >= 0.3 is 0 Å². The average Bonchev–Trinajstić information content (AvgIpc) is 2.82. The van der Waals surface area contributed by atoms with Crippen LogP contribution < -0.4 is 0 Å². The molecular weight excluding hydrogens is 408 g/mol. The van der Waals surface area contributed by atoms with E-state index in [0.29, 0.717) is 5.41 Å². The molecule has 0 spiro atoms. The molecule has 34 heavy (non-hydrogen) atoms. The molecule has 0 heteroatoms. The summed E-state index contributed by atoms with van der Waals surface area (Å²) >= 11 is 0. The summed E-state index contributed by atoms with van der Waals surface area (Å²) in [5.41, 5.74) is 0.627. The Morgan fingerprint density at radius 2 is 0.765 bits per heavy atom. The first-order chi connectivity index (χ1) is 16.6. The maximum absolute atomic E-state index is 2.51. The van der Waals surface area contributed by atoms with Crippen LogP contribution in [0, 0.1) is 17.3 Å². The van der Waals surface area contributed by atoms with Gasteiger partial charge in [0.25, 0.3) is 0 Å². The summed E-state index contributed by atoms with van der Waals surface area (Å²) in [5.74, 6) is 1.82. The SMILES string of the molecule is CCCCCCCCCCC(CCCC)(CC(C)C)C(CCCCCC)CCCCCCCC. The van der Waals surface area contributed by atoms with E-state index < -0.39 is 0 Å². The molecule has 0 aliphatic carbocycles. The second-order valence-electron chi connectivity index (χ2n) is 12.4. The summed E-state index contributed by atoms with van der Waals surface area (Å²) in [6.45, 7) is 14.5. The minimum Gasteiger partial charge on any atom is -0.0654 e. The molecular formula is C34H70. The van der Waals surface area contributed by atoms with Gasteiger partial charge in [-0.3, -0.25) is 0 Å². The first-order valence-electron chi connectivity index (χ1n) is 16.6. The fourth-order valence-electron chi connectivity index (χ4n) is 6.60. The number of unbranched alkanes of at least 4 members (excludes halogenated alkanes) is 16. The molecule has 0 heterocycles. The molecule has 0 aromatic carbocycles. The van der Waals surface area contributed by atoms with E-state index in [1.165, 1.54) is 161 Å². The maximum atomic E-state index is 2.51. The molecule has 0 saturated heterocycles. The zero-order valence-electron chi connectivity index (χ0n) is 25.3. The molecule has 0 aromatic rings. The fourth-order valence-corrected chi connectivity index (χ4v) is 6.60. The Hall–Kier alpha value is 0. The highest BCUT2D eigenvalue weighted by molar-refractivity contribution is 4.88. The van der Waals surface area contributed by atoms with Crippen molar-refractivity contribution in [3.8, 4) is 0 Å². The summed E-state index contributed by atoms with van der Waals surface area (Å²) in [6.07, 6.45) is 36.5. The summed E-state index contributed by atoms with van der Waals surface area (Å²) in [5, 5.41) is 0. The zero-order valence-corrected chi connectivity index (χ0v) is 25.3. The Kier molecular flexibility index (Phi) is 24.7. The fraction of sp³-hybridized carbons (Fsp3) is 1.00. The Morgan fingerprint density at radius 3 is 1.21 bits per heavy atom. The standard InChI is InChI=1S/C34H70/c1-7-11-15-18-20-21-23-26-30-34(29-14-10-4,31-32(5)6)33(27-24-17-13-9-3)28-25-22-19-16-12-8-2/h32-33H,7-31H2,1-6H3. The van der Waals surface area contributed by atoms with Gasteiger partial charge in [-0.2, -0.15) is 0 Å². The van der Waals surface area contributed by atoms with Crippen molar-refractivity contribution in [2.75, 3.05) is 0 Å². The van der Waals surface area contributed by atoms with E-state index >= 15 is 0 Å². The van der Waals surface area contributed by atoms with E-state index in [2.05, 4.69) is 41.5 Å². The van der Waals surface area contributed by atoms with Gasteiger partial charge in [0.05, 0.1) is 0 Å². The molecule has 0 aliphatic rings. The molecule has 0 radical (unpaired) electrons. The van der Waals surface area contributed by atoms with Crippen molar-refractivity contribution >= 4 is 0 Å². The first kappa shape index (κ1) is 34.0. The Morgan fingerprint density at radius 1 is 0.412 bits per heavy atom. The predicted octanol–water partition coefficient (Wildman–Crippen LogP) is 13.1. The van der Waals surface area contributed by atoms with Crippen LogP contribution in [0.25, 0.3) is 0 Å². The van der Waals surface area contributed by atoms with Crippen molar-refractivity contribution < 1.29 is 0 Å². The monoisotopic (exact) mass is 479 g/mol. The van der Waals surface area contributed by atoms with Gasteiger partial charge in [-0.25, -0.2) is 0 Å². The van der Waals surface area contributed by atoms with Gasteiger partial charge in [0, 0.05) is 0 Å². The van der Waals surface area contributed by atoms with Gasteiger partial charge in [-0.15, -0.1) is 0 Å². The largest absolute Gasteiger partial charge is 0.0654 e. The van der Waals surface area contributed by atoms with E-state index in [-0.39, 0.29) is 0 Å². The molecule has 0 fully saturated rings. The van der Waals surface area contributed by atoms with Crippen molar-refractivity contribution in [1.29, 1.82) is 0 Å². The Bertz CT molecular complexity index is 383. The van der Waals surface area contributed by atoms with Crippen LogP contribution in [-0.4, -0.2) is 0 Å². The zero-order chi connectivity index (χ0) is 25.3. The maximum Gasteiger partial charge on any atom is -0.0267 e. The van der Waals surface area contributed by atoms with Crippen molar-refractivity contribution in [3.05, 3.63) is 0 Å². The van der Waals surface area contributed by atoms with Crippen LogP contribution in [0.15, 0.2) is 0 Å². The van der Waals surface area contributed by atoms with Crippen LogP contribution in [0.4, 0.5) is 0 Å². The van der Waals surface area contributed by atoms with Gasteiger partial charge in [-0.1, -0.05) is 170 Å². The van der Waals surface area contributed by atoms with Gasteiger partial charge in [0.1, 0.15) is 0 Å². The lowest BCUT2D eigenvalue weighted by molar-refractivity contribution is 0.0705. The first-order valence-corrected chi connectivity index (χ1v) is 16.6. The molecule has 0 amide bonds. The van der Waals surface area contributed by atoms with Crippen LogP contribution in [-0.2, 0) is 0 Å². The molecule has 0 bridgehead atoms. The van der Waals surface area contributed by atoms with E-state index in [9.17, 15) is 0 Å². The normalized spacial score (nSPS) is 14.6. The van der Waals surface area contributed by atoms with Gasteiger partial charge in [-0.05, 0) is 49.4 Å². The third-order valence-corrected chi connectivity index (χ3v) is 8.55. The number of rotatable bonds is 27. The minimum absolute atomic E-state index is 0.627. The molecule has 0 N–H and O–H groups in total. The number of hydrogen-bond donors (Lipinski definition) is 0. The molecule has 0 aromatic heterocycles. The van der Waals surface area contributed by atoms with Gasteiger partial charge in [0.15, 0.2) is 0 Å². The highest BCUT2D eigenvalue weighted by atomic mass is 14.4. The van der Waals surface area contributed by atoms with Crippen molar-refractivity contribution in [1.82, 2.24) is 0 Å². The molecule has 0 saturated carbocycles. The van der Waals surface area contributed by atoms with Gasteiger partial charge < -0.3 is 0 Å². The van der Waals surface area contributed by atoms with Crippen molar-refractivity contribution in [3.63, 3.8) is 0 Å². The van der Waals surface area contributed by atoms with Gasteiger partial charge in [0.2, 0.25) is 0 Å². The second kappa shape index (κ2) is 24.7. The molecule has 206 valence electrons. The summed E-state index contributed by atoms with van der Waals surface area (Å²) in [6, 6.07) is 0. The van der Waals surface area contributed by atoms with Crippen LogP contribution in [0.3, 0.4) is 0 Å². The summed E-state index contributed by atoms with van der Waals surface area (Å²) < 4.78 is 0. The highest BCUT2D eigenvalue weighted by Gasteiger charge is 2.37. The van der Waals surface area contributed by atoms with E-state index in [4.69, 9.17) is 0 Å². The van der Waals surface area contributed by atoms with E-state index in [0.717, 1.165) is 11.8 Å². The van der Waals surface area contributed by atoms with Crippen molar-refractivity contribution in [2.45, 2.75) is 202 Å². The third kappa shape index (κ3) is 18.3. The van der Waals surface area contributed by atoms with Crippen LogP contribution in [0.5, 0.6) is 0 Å². The number of hydrogen-bond acceptors (Lipinski definition) is 0. The smallest absolute Gasteiger partial charge is 0.0267 e. The molecule has 2 atom stereocenters. The topological polar surface area (TPSA) is 0 Å². The summed E-state index contributed by atoms with van der Waals surface area (Å²) in [7, 11) is 0. The van der Waals surface area contributed by atoms with Crippen molar-refractivity contribution in [2.24, 2.45) is 17.3 Å². The average molecular weight is 479 g/mol. The lowest BCUT2D eigenvalue weighted by Gasteiger charge is -2.44. The third-order valence-electron chi connectivity index (χ3n) is 8.55. The van der Waals surface area contributed by atoms with E-state index in [1.54, 1.807) is 0 Å². The van der Waals surface area contributed by atoms with E-state index in [1.807, 2.05) is 0 Å². The second-order valence-corrected chi connectivity index (χ2v) is 12.4. The Labute approximate surface area is 219 Å². The lowest BCUT2D eigenvalue weighted by atomic mass is 9.61. The minimum atomic E-state index is 0.627. The quantitative estimate of drug-likeness (QED) is 0.103. The molecule has 0 nitrogen and oxygen atoms in total.